The lowest BCUT2D eigenvalue weighted by Gasteiger charge is -2.14. The molecule has 0 bridgehead atoms. The minimum atomic E-state index is -0.357. The molecule has 7 heteroatoms. The van der Waals surface area contributed by atoms with Crippen LogP contribution in [0, 0.1) is 6.92 Å². The Kier molecular flexibility index (Phi) is 8.45. The Morgan fingerprint density at radius 2 is 1.97 bits per heavy atom. The van der Waals surface area contributed by atoms with E-state index in [-0.39, 0.29) is 5.97 Å². The van der Waals surface area contributed by atoms with Crippen molar-refractivity contribution >= 4 is 21.9 Å². The molecule has 0 amide bonds. The second-order valence-electron chi connectivity index (χ2n) is 7.78. The standard InChI is InChI=1S/C25H30BrN3O3/c1-5-19(6-2)24-20(16-29(28-24)23-13-12-21(26)15-27-23)10-8-14-31-25-17(3)9-7-11-22(25)32-18(4)30/h7,9,11-13,15-16,19H,5-6,8,10,14H2,1-4H3. The average Bonchev–Trinajstić information content (AvgIpc) is 3.17. The van der Waals surface area contributed by atoms with Gasteiger partial charge in [0.05, 0.1) is 12.3 Å². The first kappa shape index (κ1) is 24.0. The fourth-order valence-electron chi connectivity index (χ4n) is 3.74. The number of hydrogen-bond acceptors (Lipinski definition) is 5. The quantitative estimate of drug-likeness (QED) is 0.189. The minimum absolute atomic E-state index is 0.357. The number of hydrogen-bond donors (Lipinski definition) is 0. The third-order valence-corrected chi connectivity index (χ3v) is 5.88. The number of aryl methyl sites for hydroxylation is 2. The van der Waals surface area contributed by atoms with Crippen molar-refractivity contribution in [2.45, 2.75) is 59.3 Å². The van der Waals surface area contributed by atoms with Crippen LogP contribution in [0.4, 0.5) is 0 Å². The largest absolute Gasteiger partial charge is 0.489 e. The Labute approximate surface area is 198 Å². The summed E-state index contributed by atoms with van der Waals surface area (Å²) in [5.74, 6) is 1.94. The average molecular weight is 500 g/mol. The van der Waals surface area contributed by atoms with Crippen LogP contribution in [0.15, 0.2) is 47.2 Å². The molecular formula is C25H30BrN3O3. The van der Waals surface area contributed by atoms with Gasteiger partial charge in [0.1, 0.15) is 0 Å². The number of halogens is 1. The molecule has 32 heavy (non-hydrogen) atoms. The maximum atomic E-state index is 11.4. The van der Waals surface area contributed by atoms with Gasteiger partial charge in [0.15, 0.2) is 17.3 Å². The fourth-order valence-corrected chi connectivity index (χ4v) is 3.97. The highest BCUT2D eigenvalue weighted by atomic mass is 79.9. The summed E-state index contributed by atoms with van der Waals surface area (Å²) in [6.07, 6.45) is 7.61. The summed E-state index contributed by atoms with van der Waals surface area (Å²) in [5, 5.41) is 4.89. The van der Waals surface area contributed by atoms with Crippen LogP contribution in [0.3, 0.4) is 0 Å². The molecule has 1 aromatic carbocycles. The van der Waals surface area contributed by atoms with E-state index < -0.39 is 0 Å². The molecule has 170 valence electrons. The summed E-state index contributed by atoms with van der Waals surface area (Å²) >= 11 is 3.43. The van der Waals surface area contributed by atoms with Crippen molar-refractivity contribution in [3.8, 4) is 17.3 Å². The predicted molar refractivity (Wildman–Crippen MR) is 129 cm³/mol. The molecule has 3 rings (SSSR count). The Hall–Kier alpha value is -2.67. The van der Waals surface area contributed by atoms with Gasteiger partial charge < -0.3 is 9.47 Å². The van der Waals surface area contributed by atoms with Crippen molar-refractivity contribution < 1.29 is 14.3 Å². The molecule has 2 heterocycles. The summed E-state index contributed by atoms with van der Waals surface area (Å²) in [6.45, 7) is 8.26. The molecule has 0 N–H and O–H groups in total. The van der Waals surface area contributed by atoms with Crippen molar-refractivity contribution in [3.05, 3.63) is 64.0 Å². The number of nitrogens with zero attached hydrogens (tertiary/aromatic N) is 3. The molecule has 0 atom stereocenters. The Balaban J connectivity index is 1.73. The molecule has 0 aliphatic heterocycles. The van der Waals surface area contributed by atoms with Crippen molar-refractivity contribution in [2.75, 3.05) is 6.61 Å². The maximum Gasteiger partial charge on any atom is 0.308 e. The summed E-state index contributed by atoms with van der Waals surface area (Å²) in [6, 6.07) is 9.48. The smallest absolute Gasteiger partial charge is 0.308 e. The topological polar surface area (TPSA) is 66.2 Å². The van der Waals surface area contributed by atoms with Crippen LogP contribution in [0.1, 0.15) is 62.8 Å². The van der Waals surface area contributed by atoms with E-state index in [2.05, 4.69) is 41.0 Å². The fraction of sp³-hybridized carbons (Fsp3) is 0.400. The first-order valence-corrected chi connectivity index (χ1v) is 11.8. The zero-order chi connectivity index (χ0) is 23.1. The zero-order valence-corrected chi connectivity index (χ0v) is 20.7. The van der Waals surface area contributed by atoms with Crippen molar-refractivity contribution in [3.63, 3.8) is 0 Å². The number of benzene rings is 1. The first-order chi connectivity index (χ1) is 15.4. The van der Waals surface area contributed by atoms with Crippen LogP contribution in [0.25, 0.3) is 5.82 Å². The van der Waals surface area contributed by atoms with Gasteiger partial charge in [-0.3, -0.25) is 4.79 Å². The lowest BCUT2D eigenvalue weighted by molar-refractivity contribution is -0.132. The van der Waals surface area contributed by atoms with Gasteiger partial charge in [0.2, 0.25) is 0 Å². The first-order valence-electron chi connectivity index (χ1n) is 11.0. The molecule has 0 fully saturated rings. The van der Waals surface area contributed by atoms with Crippen molar-refractivity contribution in [1.29, 1.82) is 0 Å². The van der Waals surface area contributed by atoms with Crippen LogP contribution < -0.4 is 9.47 Å². The Morgan fingerprint density at radius 3 is 2.62 bits per heavy atom. The summed E-state index contributed by atoms with van der Waals surface area (Å²) in [7, 11) is 0. The van der Waals surface area contributed by atoms with Crippen LogP contribution >= 0.6 is 15.9 Å². The van der Waals surface area contributed by atoms with E-state index in [4.69, 9.17) is 14.6 Å². The Morgan fingerprint density at radius 1 is 1.19 bits per heavy atom. The number of carbonyl (C=O) groups is 1. The third-order valence-electron chi connectivity index (χ3n) is 5.41. The number of ether oxygens (including phenoxy) is 2. The van der Waals surface area contributed by atoms with E-state index >= 15 is 0 Å². The van der Waals surface area contributed by atoms with Crippen LogP contribution in [0.2, 0.25) is 0 Å². The van der Waals surface area contributed by atoms with Gasteiger partial charge in [-0.1, -0.05) is 26.0 Å². The highest BCUT2D eigenvalue weighted by molar-refractivity contribution is 9.10. The van der Waals surface area contributed by atoms with E-state index in [1.807, 2.05) is 35.9 Å². The van der Waals surface area contributed by atoms with Gasteiger partial charge in [-0.15, -0.1) is 0 Å². The molecule has 0 saturated heterocycles. The van der Waals surface area contributed by atoms with Gasteiger partial charge in [-0.2, -0.15) is 5.10 Å². The third kappa shape index (κ3) is 5.97. The van der Waals surface area contributed by atoms with Gasteiger partial charge in [-0.25, -0.2) is 9.67 Å². The minimum Gasteiger partial charge on any atom is -0.489 e. The molecule has 2 aromatic heterocycles. The lowest BCUT2D eigenvalue weighted by atomic mass is 9.95. The highest BCUT2D eigenvalue weighted by Gasteiger charge is 2.18. The van der Waals surface area contributed by atoms with Gasteiger partial charge >= 0.3 is 5.97 Å². The number of pyridine rings is 1. The van der Waals surface area contributed by atoms with E-state index in [0.717, 1.165) is 47.2 Å². The number of para-hydroxylation sites is 1. The summed E-state index contributed by atoms with van der Waals surface area (Å²) < 4.78 is 14.1. The lowest BCUT2D eigenvalue weighted by Crippen LogP contribution is -2.07. The zero-order valence-electron chi connectivity index (χ0n) is 19.1. The number of aromatic nitrogens is 3. The normalized spacial score (nSPS) is 11.1. The number of esters is 1. The predicted octanol–water partition coefficient (Wildman–Crippen LogP) is 6.18. The SMILES string of the molecule is CCC(CC)c1nn(-c2ccc(Br)cn2)cc1CCCOc1c(C)cccc1OC(C)=O. The summed E-state index contributed by atoms with van der Waals surface area (Å²) in [4.78, 5) is 15.9. The number of carbonyl (C=O) groups excluding carboxylic acids is 1. The molecule has 6 nitrogen and oxygen atoms in total. The van der Waals surface area contributed by atoms with E-state index in [1.54, 1.807) is 12.3 Å². The van der Waals surface area contributed by atoms with Gasteiger partial charge in [0, 0.05) is 29.7 Å². The van der Waals surface area contributed by atoms with Gasteiger partial charge in [0.25, 0.3) is 0 Å². The summed E-state index contributed by atoms with van der Waals surface area (Å²) in [5.41, 5.74) is 3.30. The molecule has 0 aliphatic rings. The number of rotatable bonds is 10. The molecule has 0 unspecified atom stereocenters. The van der Waals surface area contributed by atoms with E-state index in [1.165, 1.54) is 12.5 Å². The molecule has 0 radical (unpaired) electrons. The van der Waals surface area contributed by atoms with Crippen LogP contribution in [-0.2, 0) is 11.2 Å². The second-order valence-corrected chi connectivity index (χ2v) is 8.70. The monoisotopic (exact) mass is 499 g/mol. The maximum absolute atomic E-state index is 11.4. The van der Waals surface area contributed by atoms with Crippen molar-refractivity contribution in [2.24, 2.45) is 0 Å². The van der Waals surface area contributed by atoms with Crippen molar-refractivity contribution in [1.82, 2.24) is 14.8 Å². The molecular weight excluding hydrogens is 470 g/mol. The Bertz CT molecular complexity index is 1040. The molecule has 0 saturated carbocycles. The van der Waals surface area contributed by atoms with E-state index in [9.17, 15) is 4.79 Å². The van der Waals surface area contributed by atoms with E-state index in [0.29, 0.717) is 24.0 Å². The van der Waals surface area contributed by atoms with Crippen LogP contribution in [-0.4, -0.2) is 27.3 Å². The molecule has 0 spiro atoms. The highest BCUT2D eigenvalue weighted by Crippen LogP contribution is 2.31. The molecule has 0 aliphatic carbocycles. The van der Waals surface area contributed by atoms with Crippen LogP contribution in [0.5, 0.6) is 11.5 Å². The molecule has 3 aromatic rings. The second kappa shape index (κ2) is 11.3. The van der Waals surface area contributed by atoms with Gasteiger partial charge in [-0.05, 0) is 77.9 Å².